The summed E-state index contributed by atoms with van der Waals surface area (Å²) >= 11 is 0. The summed E-state index contributed by atoms with van der Waals surface area (Å²) in [4.78, 5) is 14.9. The summed E-state index contributed by atoms with van der Waals surface area (Å²) in [5.74, 6) is 1.09. The number of aliphatic hydroxyl groups excluding tert-OH is 1. The van der Waals surface area contributed by atoms with Gasteiger partial charge in [-0.25, -0.2) is 0 Å². The topological polar surface area (TPSA) is 83.4 Å². The van der Waals surface area contributed by atoms with E-state index in [4.69, 9.17) is 4.74 Å². The van der Waals surface area contributed by atoms with Gasteiger partial charge in [0, 0.05) is 13.1 Å². The van der Waals surface area contributed by atoms with Crippen LogP contribution in [0, 0.1) is 0 Å². The lowest BCUT2D eigenvalue weighted by Gasteiger charge is -2.23. The van der Waals surface area contributed by atoms with Crippen LogP contribution < -0.4 is 15.0 Å². The lowest BCUT2D eigenvalue weighted by molar-refractivity contribution is 0.265. The summed E-state index contributed by atoms with van der Waals surface area (Å²) in [7, 11) is 1.54. The summed E-state index contributed by atoms with van der Waals surface area (Å²) in [6, 6.07) is 0.387. The number of nitrogens with one attached hydrogen (secondary N) is 1. The number of nitrogens with zero attached hydrogens (tertiary/aromatic N) is 4. The van der Waals surface area contributed by atoms with E-state index in [9.17, 15) is 5.11 Å². The molecule has 1 unspecified atom stereocenters. The summed E-state index contributed by atoms with van der Waals surface area (Å²) in [6.45, 7) is 3.85. The first kappa shape index (κ1) is 13.8. The van der Waals surface area contributed by atoms with Crippen LogP contribution in [0.4, 0.5) is 11.9 Å². The molecule has 0 bridgehead atoms. The van der Waals surface area contributed by atoms with E-state index in [0.29, 0.717) is 17.9 Å². The van der Waals surface area contributed by atoms with Crippen LogP contribution in [-0.2, 0) is 0 Å². The van der Waals surface area contributed by atoms with Crippen LogP contribution in [0.5, 0.6) is 6.01 Å². The van der Waals surface area contributed by atoms with Crippen molar-refractivity contribution in [3.05, 3.63) is 0 Å². The second kappa shape index (κ2) is 6.51. The van der Waals surface area contributed by atoms with Crippen LogP contribution in [0.3, 0.4) is 0 Å². The first-order chi connectivity index (χ1) is 9.28. The van der Waals surface area contributed by atoms with Gasteiger partial charge in [-0.3, -0.25) is 0 Å². The fourth-order valence-electron chi connectivity index (χ4n) is 2.17. The van der Waals surface area contributed by atoms with Crippen LogP contribution >= 0.6 is 0 Å². The fourth-order valence-corrected chi connectivity index (χ4v) is 2.17. The minimum atomic E-state index is 0.0890. The van der Waals surface area contributed by atoms with Gasteiger partial charge in [0.15, 0.2) is 0 Å². The number of aromatic nitrogens is 3. The molecule has 0 saturated carbocycles. The Morgan fingerprint density at radius 2 is 2.26 bits per heavy atom. The molecule has 7 heteroatoms. The van der Waals surface area contributed by atoms with E-state index < -0.39 is 0 Å². The van der Waals surface area contributed by atoms with Crippen molar-refractivity contribution in [3.8, 4) is 6.01 Å². The molecular weight excluding hydrogens is 246 g/mol. The molecule has 1 atom stereocenters. The van der Waals surface area contributed by atoms with E-state index in [1.807, 2.05) is 4.90 Å². The summed E-state index contributed by atoms with van der Waals surface area (Å²) in [5.41, 5.74) is 0. The van der Waals surface area contributed by atoms with Gasteiger partial charge in [-0.2, -0.15) is 15.0 Å². The van der Waals surface area contributed by atoms with Crippen molar-refractivity contribution in [1.82, 2.24) is 15.0 Å². The van der Waals surface area contributed by atoms with E-state index in [-0.39, 0.29) is 12.6 Å². The van der Waals surface area contributed by atoms with Crippen LogP contribution in [0.15, 0.2) is 0 Å². The molecule has 2 heterocycles. The van der Waals surface area contributed by atoms with Crippen molar-refractivity contribution in [3.63, 3.8) is 0 Å². The smallest absolute Gasteiger partial charge is 0.322 e. The molecule has 1 aromatic heterocycles. The second-order valence-electron chi connectivity index (χ2n) is 4.54. The zero-order chi connectivity index (χ0) is 13.7. The van der Waals surface area contributed by atoms with Gasteiger partial charge in [-0.15, -0.1) is 0 Å². The van der Waals surface area contributed by atoms with Crippen molar-refractivity contribution in [2.24, 2.45) is 0 Å². The molecule has 1 fully saturated rings. The number of anilines is 2. The minimum absolute atomic E-state index is 0.0890. The lowest BCUT2D eigenvalue weighted by Crippen LogP contribution is -2.33. The van der Waals surface area contributed by atoms with Crippen molar-refractivity contribution in [2.75, 3.05) is 37.0 Å². The molecular formula is C12H21N5O2. The van der Waals surface area contributed by atoms with Crippen molar-refractivity contribution >= 4 is 11.9 Å². The predicted octanol–water partition coefficient (Wildman–Crippen LogP) is 0.663. The molecule has 1 aliphatic rings. The number of rotatable bonds is 6. The predicted molar refractivity (Wildman–Crippen MR) is 72.6 cm³/mol. The van der Waals surface area contributed by atoms with Crippen molar-refractivity contribution in [2.45, 2.75) is 32.2 Å². The summed E-state index contributed by atoms with van der Waals surface area (Å²) in [6.07, 6.45) is 2.99. The highest BCUT2D eigenvalue weighted by atomic mass is 16.5. The molecule has 1 aromatic rings. The van der Waals surface area contributed by atoms with Crippen LogP contribution in [0.1, 0.15) is 26.2 Å². The van der Waals surface area contributed by atoms with Gasteiger partial charge in [-0.05, 0) is 19.3 Å². The third-order valence-electron chi connectivity index (χ3n) is 3.16. The second-order valence-corrected chi connectivity index (χ2v) is 4.54. The monoisotopic (exact) mass is 267 g/mol. The maximum absolute atomic E-state index is 9.38. The number of aliphatic hydroxyl groups is 1. The highest BCUT2D eigenvalue weighted by Gasteiger charge is 2.27. The molecule has 0 aliphatic carbocycles. The minimum Gasteiger partial charge on any atom is -0.467 e. The molecule has 2 N–H and O–H groups in total. The van der Waals surface area contributed by atoms with Gasteiger partial charge in [-0.1, -0.05) is 6.92 Å². The Morgan fingerprint density at radius 3 is 2.95 bits per heavy atom. The summed E-state index contributed by atoms with van der Waals surface area (Å²) in [5, 5.41) is 12.5. The van der Waals surface area contributed by atoms with Gasteiger partial charge in [0.2, 0.25) is 11.9 Å². The molecule has 7 nitrogen and oxygen atoms in total. The van der Waals surface area contributed by atoms with Gasteiger partial charge >= 0.3 is 6.01 Å². The molecule has 0 amide bonds. The molecule has 0 spiro atoms. The normalized spacial score (nSPS) is 18.7. The highest BCUT2D eigenvalue weighted by Crippen LogP contribution is 2.24. The Hall–Kier alpha value is -1.63. The SMILES string of the molecule is CCCNc1nc(OC)nc(N2CCCC2CO)n1. The van der Waals surface area contributed by atoms with Crippen LogP contribution in [-0.4, -0.2) is 52.9 Å². The molecule has 1 aliphatic heterocycles. The molecule has 2 rings (SSSR count). The maximum atomic E-state index is 9.38. The quantitative estimate of drug-likeness (QED) is 0.783. The van der Waals surface area contributed by atoms with Crippen LogP contribution in [0.25, 0.3) is 0 Å². The zero-order valence-corrected chi connectivity index (χ0v) is 11.5. The van der Waals surface area contributed by atoms with E-state index in [2.05, 4.69) is 27.2 Å². The maximum Gasteiger partial charge on any atom is 0.322 e. The number of hydrogen-bond acceptors (Lipinski definition) is 7. The molecule has 1 saturated heterocycles. The number of methoxy groups -OCH3 is 1. The Labute approximate surface area is 113 Å². The first-order valence-electron chi connectivity index (χ1n) is 6.70. The van der Waals surface area contributed by atoms with E-state index in [1.54, 1.807) is 0 Å². The fraction of sp³-hybridized carbons (Fsp3) is 0.750. The molecule has 19 heavy (non-hydrogen) atoms. The van der Waals surface area contributed by atoms with Gasteiger partial charge in [0.1, 0.15) is 0 Å². The average molecular weight is 267 g/mol. The van der Waals surface area contributed by atoms with Crippen molar-refractivity contribution < 1.29 is 9.84 Å². The number of hydrogen-bond donors (Lipinski definition) is 2. The zero-order valence-electron chi connectivity index (χ0n) is 11.5. The van der Waals surface area contributed by atoms with Gasteiger partial charge < -0.3 is 20.1 Å². The third kappa shape index (κ3) is 3.23. The molecule has 0 radical (unpaired) electrons. The standard InChI is InChI=1S/C12H21N5O2/c1-3-6-13-10-14-11(16-12(15-10)19-2)17-7-4-5-9(17)8-18/h9,18H,3-8H2,1-2H3,(H,13,14,15,16). The Balaban J connectivity index is 2.23. The lowest BCUT2D eigenvalue weighted by atomic mass is 10.2. The van der Waals surface area contributed by atoms with Gasteiger partial charge in [0.05, 0.1) is 19.8 Å². The van der Waals surface area contributed by atoms with Crippen LogP contribution in [0.2, 0.25) is 0 Å². The summed E-state index contributed by atoms with van der Waals surface area (Å²) < 4.78 is 5.11. The number of ether oxygens (including phenoxy) is 1. The molecule has 106 valence electrons. The third-order valence-corrected chi connectivity index (χ3v) is 3.16. The largest absolute Gasteiger partial charge is 0.467 e. The van der Waals surface area contributed by atoms with E-state index in [0.717, 1.165) is 32.4 Å². The Bertz CT molecular complexity index is 415. The van der Waals surface area contributed by atoms with E-state index in [1.165, 1.54) is 7.11 Å². The Morgan fingerprint density at radius 1 is 1.42 bits per heavy atom. The molecule has 0 aromatic carbocycles. The Kier molecular flexibility index (Phi) is 4.73. The van der Waals surface area contributed by atoms with Crippen molar-refractivity contribution in [1.29, 1.82) is 0 Å². The van der Waals surface area contributed by atoms with E-state index >= 15 is 0 Å². The first-order valence-corrected chi connectivity index (χ1v) is 6.70. The van der Waals surface area contributed by atoms with Gasteiger partial charge in [0.25, 0.3) is 0 Å². The highest BCUT2D eigenvalue weighted by molar-refractivity contribution is 5.40. The average Bonchev–Trinajstić information content (AvgIpc) is 2.93.